The summed E-state index contributed by atoms with van der Waals surface area (Å²) in [5.74, 6) is 0. The van der Waals surface area contributed by atoms with Gasteiger partial charge in [0.25, 0.3) is 0 Å². The largest absolute Gasteiger partial charge is 0.361 e. The van der Waals surface area contributed by atoms with Crippen molar-refractivity contribution in [1.29, 1.82) is 0 Å². The van der Waals surface area contributed by atoms with Crippen molar-refractivity contribution >= 4 is 18.0 Å². The average molecular weight is 171 g/mol. The Bertz CT molecular complexity index is 391. The van der Waals surface area contributed by atoms with Crippen LogP contribution in [0.4, 0.5) is 5.69 Å². The van der Waals surface area contributed by atoms with Crippen molar-refractivity contribution in [3.63, 3.8) is 0 Å². The van der Waals surface area contributed by atoms with E-state index >= 15 is 0 Å². The summed E-state index contributed by atoms with van der Waals surface area (Å²) < 4.78 is 0. The van der Waals surface area contributed by atoms with Crippen LogP contribution in [0.2, 0.25) is 0 Å². The molecule has 1 aliphatic rings. The molecule has 1 heterocycles. The zero-order chi connectivity index (χ0) is 9.10. The monoisotopic (exact) mass is 171 g/mol. The minimum Gasteiger partial charge on any atom is -0.361 e. The molecule has 1 aliphatic heterocycles. The Morgan fingerprint density at radius 2 is 2.08 bits per heavy atom. The average Bonchev–Trinajstić information content (AvgIpc) is 2.38. The normalized spacial score (nSPS) is 13.7. The van der Waals surface area contributed by atoms with E-state index in [9.17, 15) is 4.79 Å². The number of allylic oxidation sites excluding steroid dienone is 2. The van der Waals surface area contributed by atoms with Crippen molar-refractivity contribution in [3.05, 3.63) is 47.7 Å². The van der Waals surface area contributed by atoms with E-state index in [1.807, 2.05) is 30.3 Å². The molecular formula is C11H9NO. The zero-order valence-electron chi connectivity index (χ0n) is 7.03. The molecule has 0 aliphatic carbocycles. The Labute approximate surface area is 76.6 Å². The predicted octanol–water partition coefficient (Wildman–Crippen LogP) is 2.21. The lowest BCUT2D eigenvalue weighted by molar-refractivity contribution is -0.104. The molecule has 1 N–H and O–H groups in total. The predicted molar refractivity (Wildman–Crippen MR) is 53.2 cm³/mol. The maximum Gasteiger partial charge on any atom is 0.150 e. The quantitative estimate of drug-likeness (QED) is 0.656. The molecule has 0 aromatic heterocycles. The zero-order valence-corrected chi connectivity index (χ0v) is 7.03. The van der Waals surface area contributed by atoms with Crippen molar-refractivity contribution in [3.8, 4) is 0 Å². The molecule has 0 atom stereocenters. The van der Waals surface area contributed by atoms with Gasteiger partial charge in [0.05, 0.1) is 0 Å². The summed E-state index contributed by atoms with van der Waals surface area (Å²) in [6.07, 6.45) is 6.23. The fourth-order valence-corrected chi connectivity index (χ4v) is 1.28. The third-order valence-corrected chi connectivity index (χ3v) is 1.93. The molecule has 0 unspecified atom stereocenters. The Morgan fingerprint density at radius 3 is 2.92 bits per heavy atom. The van der Waals surface area contributed by atoms with Gasteiger partial charge in [-0.05, 0) is 23.8 Å². The number of fused-ring (bicyclic) bond motifs is 1. The molecule has 0 saturated heterocycles. The maximum atomic E-state index is 10.6. The van der Waals surface area contributed by atoms with Crippen molar-refractivity contribution < 1.29 is 4.79 Å². The summed E-state index contributed by atoms with van der Waals surface area (Å²) in [6.45, 7) is 0. The Hall–Kier alpha value is -1.83. The second-order valence-electron chi connectivity index (χ2n) is 2.83. The molecular weight excluding hydrogens is 162 g/mol. The van der Waals surface area contributed by atoms with Gasteiger partial charge in [-0.2, -0.15) is 0 Å². The van der Waals surface area contributed by atoms with Gasteiger partial charge in [0.15, 0.2) is 0 Å². The SMILES string of the molecule is O=CC1=Cc2ccccc2NC=C1. The van der Waals surface area contributed by atoms with Gasteiger partial charge in [0.1, 0.15) is 6.29 Å². The summed E-state index contributed by atoms with van der Waals surface area (Å²) in [5.41, 5.74) is 2.74. The molecule has 2 nitrogen and oxygen atoms in total. The highest BCUT2D eigenvalue weighted by Crippen LogP contribution is 2.20. The lowest BCUT2D eigenvalue weighted by Crippen LogP contribution is -1.87. The molecule has 0 fully saturated rings. The van der Waals surface area contributed by atoms with Gasteiger partial charge in [-0.15, -0.1) is 0 Å². The molecule has 1 aromatic carbocycles. The summed E-state index contributed by atoms with van der Waals surface area (Å²) in [4.78, 5) is 10.6. The summed E-state index contributed by atoms with van der Waals surface area (Å²) in [5, 5.41) is 3.10. The van der Waals surface area contributed by atoms with Gasteiger partial charge >= 0.3 is 0 Å². The molecule has 13 heavy (non-hydrogen) atoms. The maximum absolute atomic E-state index is 10.6. The van der Waals surface area contributed by atoms with Crippen LogP contribution in [0.1, 0.15) is 5.56 Å². The van der Waals surface area contributed by atoms with Gasteiger partial charge in [-0.1, -0.05) is 18.2 Å². The van der Waals surface area contributed by atoms with Crippen LogP contribution in [-0.2, 0) is 4.79 Å². The van der Waals surface area contributed by atoms with Crippen LogP contribution in [-0.4, -0.2) is 6.29 Å². The fraction of sp³-hybridized carbons (Fsp3) is 0. The van der Waals surface area contributed by atoms with Crippen LogP contribution in [0.3, 0.4) is 0 Å². The second kappa shape index (κ2) is 3.27. The topological polar surface area (TPSA) is 29.1 Å². The van der Waals surface area contributed by atoms with Crippen molar-refractivity contribution in [2.45, 2.75) is 0 Å². The smallest absolute Gasteiger partial charge is 0.150 e. The van der Waals surface area contributed by atoms with E-state index in [2.05, 4.69) is 5.32 Å². The van der Waals surface area contributed by atoms with E-state index in [0.29, 0.717) is 5.57 Å². The van der Waals surface area contributed by atoms with Gasteiger partial charge in [0.2, 0.25) is 0 Å². The van der Waals surface area contributed by atoms with Crippen LogP contribution in [0.15, 0.2) is 42.1 Å². The highest BCUT2D eigenvalue weighted by atomic mass is 16.1. The van der Waals surface area contributed by atoms with Crippen LogP contribution in [0.5, 0.6) is 0 Å². The van der Waals surface area contributed by atoms with E-state index in [0.717, 1.165) is 17.5 Å². The van der Waals surface area contributed by atoms with E-state index in [1.165, 1.54) is 0 Å². The minimum absolute atomic E-state index is 0.678. The summed E-state index contributed by atoms with van der Waals surface area (Å²) in [7, 11) is 0. The number of benzene rings is 1. The van der Waals surface area contributed by atoms with Gasteiger partial charge in [-0.3, -0.25) is 4.79 Å². The van der Waals surface area contributed by atoms with Crippen LogP contribution >= 0.6 is 0 Å². The number of aldehydes is 1. The van der Waals surface area contributed by atoms with Gasteiger partial charge in [0, 0.05) is 17.5 Å². The first-order chi connectivity index (χ1) is 6.40. The van der Waals surface area contributed by atoms with Crippen LogP contribution in [0, 0.1) is 0 Å². The molecule has 64 valence electrons. The first kappa shape index (κ1) is 7.80. The number of rotatable bonds is 1. The molecule has 0 spiro atoms. The molecule has 2 heteroatoms. The third-order valence-electron chi connectivity index (χ3n) is 1.93. The number of anilines is 1. The molecule has 0 bridgehead atoms. The highest BCUT2D eigenvalue weighted by Gasteiger charge is 2.01. The van der Waals surface area contributed by atoms with Gasteiger partial charge in [-0.25, -0.2) is 0 Å². The van der Waals surface area contributed by atoms with Crippen LogP contribution < -0.4 is 5.32 Å². The van der Waals surface area contributed by atoms with E-state index in [-0.39, 0.29) is 0 Å². The lowest BCUT2D eigenvalue weighted by Gasteiger charge is -2.02. The Morgan fingerprint density at radius 1 is 1.23 bits per heavy atom. The van der Waals surface area contributed by atoms with E-state index in [1.54, 1.807) is 12.3 Å². The standard InChI is InChI=1S/C11H9NO/c13-8-9-5-6-12-11-4-2-1-3-10(11)7-9/h1-8,12H. The number of para-hydroxylation sites is 1. The molecule has 0 radical (unpaired) electrons. The molecule has 1 aromatic rings. The number of hydrogen-bond acceptors (Lipinski definition) is 2. The van der Waals surface area contributed by atoms with E-state index < -0.39 is 0 Å². The van der Waals surface area contributed by atoms with Crippen molar-refractivity contribution in [2.24, 2.45) is 0 Å². The second-order valence-corrected chi connectivity index (χ2v) is 2.83. The molecule has 0 saturated carbocycles. The fourth-order valence-electron chi connectivity index (χ4n) is 1.28. The first-order valence-electron chi connectivity index (χ1n) is 4.09. The van der Waals surface area contributed by atoms with E-state index in [4.69, 9.17) is 0 Å². The number of hydrogen-bond donors (Lipinski definition) is 1. The number of carbonyl (C=O) groups is 1. The summed E-state index contributed by atoms with van der Waals surface area (Å²) in [6, 6.07) is 7.85. The lowest BCUT2D eigenvalue weighted by atomic mass is 10.1. The summed E-state index contributed by atoms with van der Waals surface area (Å²) >= 11 is 0. The number of carbonyl (C=O) groups excluding carboxylic acids is 1. The first-order valence-corrected chi connectivity index (χ1v) is 4.09. The minimum atomic E-state index is 0.678. The molecule has 2 rings (SSSR count). The number of nitrogens with one attached hydrogen (secondary N) is 1. The Kier molecular flexibility index (Phi) is 1.96. The van der Waals surface area contributed by atoms with Gasteiger partial charge < -0.3 is 5.32 Å². The third kappa shape index (κ3) is 1.51. The Balaban J connectivity index is 2.53. The molecule has 0 amide bonds. The van der Waals surface area contributed by atoms with Crippen molar-refractivity contribution in [2.75, 3.05) is 5.32 Å². The highest BCUT2D eigenvalue weighted by molar-refractivity contribution is 5.88. The van der Waals surface area contributed by atoms with Crippen molar-refractivity contribution in [1.82, 2.24) is 0 Å². The van der Waals surface area contributed by atoms with Crippen LogP contribution in [0.25, 0.3) is 6.08 Å².